The van der Waals surface area contributed by atoms with Crippen LogP contribution < -0.4 is 10.6 Å². The molecule has 2 aromatic heterocycles. The predicted molar refractivity (Wildman–Crippen MR) is 93.0 cm³/mol. The topological polar surface area (TPSA) is 76.1 Å². The van der Waals surface area contributed by atoms with E-state index < -0.39 is 0 Å². The Hall–Kier alpha value is -1.73. The summed E-state index contributed by atoms with van der Waals surface area (Å²) in [6.45, 7) is 4.36. The fraction of sp³-hybridized carbons (Fsp3) is 0.706. The largest absolute Gasteiger partial charge is 0.353 e. The summed E-state index contributed by atoms with van der Waals surface area (Å²) in [4.78, 5) is 18.7. The van der Waals surface area contributed by atoms with Crippen LogP contribution in [-0.4, -0.2) is 62.7 Å². The fourth-order valence-corrected chi connectivity index (χ4v) is 4.21. The second kappa shape index (κ2) is 5.67. The third-order valence-electron chi connectivity index (χ3n) is 5.83. The van der Waals surface area contributed by atoms with Gasteiger partial charge < -0.3 is 15.2 Å². The molecule has 4 heterocycles. The zero-order valence-electron chi connectivity index (χ0n) is 14.0. The number of hydrogen-bond donors (Lipinski definition) is 1. The van der Waals surface area contributed by atoms with Crippen LogP contribution in [0.3, 0.4) is 0 Å². The van der Waals surface area contributed by atoms with Crippen LogP contribution in [0, 0.1) is 0 Å². The molecule has 5 rings (SSSR count). The molecule has 128 valence electrons. The number of aromatic nitrogens is 4. The number of imidazole rings is 1. The third kappa shape index (κ3) is 2.46. The molecular formula is C17H25N7. The number of piperidine rings is 1. The minimum absolute atomic E-state index is 0.395. The molecule has 0 bridgehead atoms. The van der Waals surface area contributed by atoms with Crippen LogP contribution in [-0.2, 0) is 0 Å². The Morgan fingerprint density at radius 2 is 1.75 bits per heavy atom. The molecule has 2 aromatic rings. The first-order valence-electron chi connectivity index (χ1n) is 9.21. The molecule has 3 aliphatic rings. The van der Waals surface area contributed by atoms with Crippen molar-refractivity contribution in [1.29, 1.82) is 0 Å². The van der Waals surface area contributed by atoms with Gasteiger partial charge in [0.1, 0.15) is 6.33 Å². The van der Waals surface area contributed by atoms with Crippen molar-refractivity contribution in [2.45, 2.75) is 50.2 Å². The van der Waals surface area contributed by atoms with Gasteiger partial charge in [-0.1, -0.05) is 0 Å². The summed E-state index contributed by atoms with van der Waals surface area (Å²) >= 11 is 0. The molecule has 7 heteroatoms. The van der Waals surface area contributed by atoms with Crippen LogP contribution >= 0.6 is 0 Å². The van der Waals surface area contributed by atoms with E-state index in [0.29, 0.717) is 18.1 Å². The number of likely N-dealkylation sites (tertiary alicyclic amines) is 1. The molecule has 0 amide bonds. The highest BCUT2D eigenvalue weighted by atomic mass is 15.3. The molecule has 0 radical (unpaired) electrons. The van der Waals surface area contributed by atoms with Gasteiger partial charge in [-0.2, -0.15) is 0 Å². The van der Waals surface area contributed by atoms with E-state index in [-0.39, 0.29) is 0 Å². The average molecular weight is 327 g/mol. The molecule has 1 atom stereocenters. The van der Waals surface area contributed by atoms with E-state index in [1.807, 2.05) is 6.33 Å². The number of anilines is 1. The highest BCUT2D eigenvalue weighted by molar-refractivity contribution is 5.83. The molecule has 0 spiro atoms. The second-order valence-electron chi connectivity index (χ2n) is 7.51. The molecule has 2 N–H and O–H groups in total. The molecule has 3 fully saturated rings. The van der Waals surface area contributed by atoms with Crippen LogP contribution in [0.5, 0.6) is 0 Å². The van der Waals surface area contributed by atoms with Crippen LogP contribution in [0.1, 0.15) is 38.1 Å². The Balaban J connectivity index is 1.36. The lowest BCUT2D eigenvalue weighted by Crippen LogP contribution is -2.46. The smallest absolute Gasteiger partial charge is 0.165 e. The Kier molecular flexibility index (Phi) is 3.45. The van der Waals surface area contributed by atoms with Crippen molar-refractivity contribution in [3.8, 4) is 0 Å². The lowest BCUT2D eigenvalue weighted by atomic mass is 10.0. The second-order valence-corrected chi connectivity index (χ2v) is 7.51. The Labute approximate surface area is 141 Å². The molecule has 0 aromatic carbocycles. The van der Waals surface area contributed by atoms with Gasteiger partial charge >= 0.3 is 0 Å². The lowest BCUT2D eigenvalue weighted by molar-refractivity contribution is 0.163. The summed E-state index contributed by atoms with van der Waals surface area (Å²) in [6, 6.07) is 1.61. The van der Waals surface area contributed by atoms with Crippen molar-refractivity contribution in [3.05, 3.63) is 12.7 Å². The van der Waals surface area contributed by atoms with Gasteiger partial charge in [-0.15, -0.1) is 0 Å². The summed E-state index contributed by atoms with van der Waals surface area (Å²) in [5.74, 6) is 1.01. The number of nitrogens with zero attached hydrogens (tertiary/aromatic N) is 6. The van der Waals surface area contributed by atoms with Gasteiger partial charge in [-0.25, -0.2) is 15.0 Å². The van der Waals surface area contributed by atoms with Crippen LogP contribution in [0.2, 0.25) is 0 Å². The molecule has 24 heavy (non-hydrogen) atoms. The third-order valence-corrected chi connectivity index (χ3v) is 5.83. The predicted octanol–water partition coefficient (Wildman–Crippen LogP) is 1.16. The van der Waals surface area contributed by atoms with E-state index in [1.54, 1.807) is 6.33 Å². The zero-order valence-corrected chi connectivity index (χ0v) is 14.0. The Morgan fingerprint density at radius 3 is 2.54 bits per heavy atom. The summed E-state index contributed by atoms with van der Waals surface area (Å²) in [5.41, 5.74) is 8.00. The maximum Gasteiger partial charge on any atom is 0.165 e. The van der Waals surface area contributed by atoms with Gasteiger partial charge in [-0.05, 0) is 45.2 Å². The number of rotatable bonds is 3. The molecule has 2 saturated heterocycles. The zero-order chi connectivity index (χ0) is 16.1. The van der Waals surface area contributed by atoms with Crippen molar-refractivity contribution >= 4 is 17.0 Å². The maximum absolute atomic E-state index is 6.04. The molecule has 2 aliphatic heterocycles. The van der Waals surface area contributed by atoms with Crippen LogP contribution in [0.4, 0.5) is 5.82 Å². The van der Waals surface area contributed by atoms with E-state index in [4.69, 9.17) is 5.73 Å². The van der Waals surface area contributed by atoms with Crippen molar-refractivity contribution < 1.29 is 0 Å². The number of nitrogens with two attached hydrogens (primary N) is 1. The average Bonchev–Trinajstić information content (AvgIpc) is 3.17. The fourth-order valence-electron chi connectivity index (χ4n) is 4.21. The van der Waals surface area contributed by atoms with Gasteiger partial charge in [0.2, 0.25) is 0 Å². The van der Waals surface area contributed by atoms with Crippen molar-refractivity contribution in [1.82, 2.24) is 24.4 Å². The summed E-state index contributed by atoms with van der Waals surface area (Å²) in [6.07, 6.45) is 9.58. The van der Waals surface area contributed by atoms with E-state index in [1.165, 1.54) is 19.3 Å². The Bertz CT molecular complexity index is 730. The minimum atomic E-state index is 0.395. The van der Waals surface area contributed by atoms with E-state index in [0.717, 1.165) is 56.0 Å². The van der Waals surface area contributed by atoms with Crippen LogP contribution in [0.25, 0.3) is 11.2 Å². The quantitative estimate of drug-likeness (QED) is 0.912. The van der Waals surface area contributed by atoms with E-state index >= 15 is 0 Å². The molecule has 1 saturated carbocycles. The minimum Gasteiger partial charge on any atom is -0.353 e. The van der Waals surface area contributed by atoms with Gasteiger partial charge in [0.25, 0.3) is 0 Å². The molecular weight excluding hydrogens is 302 g/mol. The first-order chi connectivity index (χ1) is 11.8. The monoisotopic (exact) mass is 327 g/mol. The van der Waals surface area contributed by atoms with Crippen molar-refractivity contribution in [3.63, 3.8) is 0 Å². The normalized spacial score (nSPS) is 26.5. The SMILES string of the molecule is NC1CCN(C2CCN(c3ncnc4c3ncn4C3CC3)C2)CC1. The number of hydrogen-bond acceptors (Lipinski definition) is 6. The van der Waals surface area contributed by atoms with Gasteiger partial charge in [0.05, 0.1) is 6.33 Å². The van der Waals surface area contributed by atoms with Gasteiger partial charge in [0.15, 0.2) is 17.0 Å². The first-order valence-corrected chi connectivity index (χ1v) is 9.21. The van der Waals surface area contributed by atoms with Crippen molar-refractivity contribution in [2.24, 2.45) is 5.73 Å². The van der Waals surface area contributed by atoms with E-state index in [2.05, 4.69) is 29.3 Å². The van der Waals surface area contributed by atoms with Gasteiger partial charge in [-0.3, -0.25) is 4.90 Å². The van der Waals surface area contributed by atoms with Crippen LogP contribution in [0.15, 0.2) is 12.7 Å². The summed E-state index contributed by atoms with van der Waals surface area (Å²) in [7, 11) is 0. The highest BCUT2D eigenvalue weighted by Gasteiger charge is 2.32. The summed E-state index contributed by atoms with van der Waals surface area (Å²) in [5, 5.41) is 0. The van der Waals surface area contributed by atoms with Crippen molar-refractivity contribution in [2.75, 3.05) is 31.1 Å². The molecule has 1 unspecified atom stereocenters. The summed E-state index contributed by atoms with van der Waals surface area (Å²) < 4.78 is 2.22. The standard InChI is InChI=1S/C17H25N7/c18-12-3-6-22(7-4-12)14-5-8-23(9-14)16-15-17(20-10-19-16)24(11-21-15)13-1-2-13/h10-14H,1-9,18H2. The first kappa shape index (κ1) is 14.6. The Morgan fingerprint density at radius 1 is 0.917 bits per heavy atom. The van der Waals surface area contributed by atoms with Gasteiger partial charge in [0, 0.05) is 31.2 Å². The number of fused-ring (bicyclic) bond motifs is 1. The lowest BCUT2D eigenvalue weighted by Gasteiger charge is -2.34. The van der Waals surface area contributed by atoms with E-state index in [9.17, 15) is 0 Å². The molecule has 7 nitrogen and oxygen atoms in total. The maximum atomic E-state index is 6.04. The molecule has 1 aliphatic carbocycles. The highest BCUT2D eigenvalue weighted by Crippen LogP contribution is 2.37.